The van der Waals surface area contributed by atoms with Crippen LogP contribution in [0.2, 0.25) is 0 Å². The molecule has 6 heteroatoms. The average molecular weight is 288 g/mol. The summed E-state index contributed by atoms with van der Waals surface area (Å²) in [6, 6.07) is 5.48. The predicted octanol–water partition coefficient (Wildman–Crippen LogP) is 1.56. The maximum Gasteiger partial charge on any atom is 0.274 e. The topological polar surface area (TPSA) is 82.1 Å². The van der Waals surface area contributed by atoms with E-state index in [9.17, 15) is 4.79 Å². The molecule has 0 unspecified atom stereocenters. The second-order valence-electron chi connectivity index (χ2n) is 5.17. The molecule has 0 atom stereocenters. The molecule has 6 nitrogen and oxygen atoms in total. The molecule has 2 heterocycles. The van der Waals surface area contributed by atoms with Crippen LogP contribution in [0.25, 0.3) is 0 Å². The summed E-state index contributed by atoms with van der Waals surface area (Å²) in [5, 5.41) is 16.1. The van der Waals surface area contributed by atoms with E-state index in [1.165, 1.54) is 0 Å². The number of nitrogens with zero attached hydrogens (tertiary/aromatic N) is 3. The Morgan fingerprint density at radius 3 is 2.86 bits per heavy atom. The number of H-pyrrole nitrogens is 1. The van der Waals surface area contributed by atoms with Gasteiger partial charge in [-0.25, -0.2) is 0 Å². The number of hydrogen-bond acceptors (Lipinski definition) is 4. The molecule has 0 aliphatic carbocycles. The fourth-order valence-corrected chi connectivity index (χ4v) is 1.99. The summed E-state index contributed by atoms with van der Waals surface area (Å²) in [7, 11) is 0. The van der Waals surface area contributed by atoms with Gasteiger partial charge < -0.3 is 10.0 Å². The number of amides is 1. The fourth-order valence-electron chi connectivity index (χ4n) is 1.99. The van der Waals surface area contributed by atoms with Gasteiger partial charge in [0.2, 0.25) is 0 Å². The van der Waals surface area contributed by atoms with Crippen LogP contribution in [-0.2, 0) is 6.54 Å². The number of aliphatic hydroxyl groups is 1. The lowest BCUT2D eigenvalue weighted by Crippen LogP contribution is -2.33. The molecule has 2 aromatic rings. The van der Waals surface area contributed by atoms with Gasteiger partial charge in [0.1, 0.15) is 5.69 Å². The molecule has 0 saturated heterocycles. The van der Waals surface area contributed by atoms with Crippen LogP contribution in [0.3, 0.4) is 0 Å². The fraction of sp³-hybridized carbons (Fsp3) is 0.400. The zero-order valence-corrected chi connectivity index (χ0v) is 12.3. The van der Waals surface area contributed by atoms with Gasteiger partial charge in [0.15, 0.2) is 0 Å². The van der Waals surface area contributed by atoms with E-state index in [-0.39, 0.29) is 25.0 Å². The number of aliphatic hydroxyl groups excluding tert-OH is 1. The second-order valence-corrected chi connectivity index (χ2v) is 5.17. The van der Waals surface area contributed by atoms with E-state index < -0.39 is 0 Å². The molecule has 0 aliphatic heterocycles. The van der Waals surface area contributed by atoms with Crippen molar-refractivity contribution in [2.75, 3.05) is 13.2 Å². The number of nitrogens with one attached hydrogen (secondary N) is 1. The lowest BCUT2D eigenvalue weighted by molar-refractivity contribution is 0.0701. The van der Waals surface area contributed by atoms with Crippen molar-refractivity contribution in [1.29, 1.82) is 0 Å². The second kappa shape index (κ2) is 6.99. The first-order valence-electron chi connectivity index (χ1n) is 6.96. The largest absolute Gasteiger partial charge is 0.395 e. The lowest BCUT2D eigenvalue weighted by Gasteiger charge is -2.20. The Balaban J connectivity index is 2.14. The minimum Gasteiger partial charge on any atom is -0.395 e. The quantitative estimate of drug-likeness (QED) is 0.845. The van der Waals surface area contributed by atoms with Gasteiger partial charge in [-0.2, -0.15) is 5.10 Å². The van der Waals surface area contributed by atoms with Crippen molar-refractivity contribution in [3.8, 4) is 0 Å². The minimum absolute atomic E-state index is 0.0898. The molecule has 0 fully saturated rings. The van der Waals surface area contributed by atoms with Crippen molar-refractivity contribution in [1.82, 2.24) is 20.1 Å². The highest BCUT2D eigenvalue weighted by molar-refractivity contribution is 5.92. The summed E-state index contributed by atoms with van der Waals surface area (Å²) in [6.07, 6.45) is 3.39. The van der Waals surface area contributed by atoms with Crippen LogP contribution in [0.4, 0.5) is 0 Å². The molecular weight excluding hydrogens is 268 g/mol. The van der Waals surface area contributed by atoms with Crippen molar-refractivity contribution < 1.29 is 9.90 Å². The van der Waals surface area contributed by atoms with E-state index in [0.29, 0.717) is 12.2 Å². The average Bonchev–Trinajstić information content (AvgIpc) is 2.97. The van der Waals surface area contributed by atoms with Gasteiger partial charge in [-0.3, -0.25) is 14.9 Å². The summed E-state index contributed by atoms with van der Waals surface area (Å²) in [6.45, 7) is 4.63. The third-order valence-corrected chi connectivity index (χ3v) is 3.19. The normalized spacial score (nSPS) is 10.9. The monoisotopic (exact) mass is 288 g/mol. The van der Waals surface area contributed by atoms with Crippen LogP contribution in [0.5, 0.6) is 0 Å². The van der Waals surface area contributed by atoms with Crippen LogP contribution in [-0.4, -0.2) is 44.2 Å². The maximum atomic E-state index is 12.5. The number of aromatic amines is 1. The number of carbonyl (C=O) groups is 1. The number of carbonyl (C=O) groups excluding carboxylic acids is 1. The summed E-state index contributed by atoms with van der Waals surface area (Å²) < 4.78 is 0. The Labute approximate surface area is 123 Å². The Hall–Kier alpha value is -2.21. The van der Waals surface area contributed by atoms with E-state index in [1.54, 1.807) is 23.4 Å². The number of hydrogen-bond donors (Lipinski definition) is 2. The first-order valence-corrected chi connectivity index (χ1v) is 6.96. The van der Waals surface area contributed by atoms with Gasteiger partial charge in [0.05, 0.1) is 6.61 Å². The van der Waals surface area contributed by atoms with E-state index in [2.05, 4.69) is 15.2 Å². The summed E-state index contributed by atoms with van der Waals surface area (Å²) >= 11 is 0. The van der Waals surface area contributed by atoms with Crippen LogP contribution in [0.15, 0.2) is 30.6 Å². The van der Waals surface area contributed by atoms with Crippen molar-refractivity contribution in [2.45, 2.75) is 26.3 Å². The Morgan fingerprint density at radius 2 is 2.29 bits per heavy atom. The van der Waals surface area contributed by atoms with Crippen LogP contribution in [0, 0.1) is 0 Å². The highest BCUT2D eigenvalue weighted by Gasteiger charge is 2.19. The molecule has 0 aliphatic rings. The molecule has 21 heavy (non-hydrogen) atoms. The standard InChI is InChI=1S/C15H20N4O2/c1-11(2)13-8-14(18-17-13)15(21)19(6-7-20)10-12-4-3-5-16-9-12/h3-5,8-9,11,20H,6-7,10H2,1-2H3,(H,17,18). The molecule has 1 amide bonds. The molecule has 0 radical (unpaired) electrons. The van der Waals surface area contributed by atoms with Gasteiger partial charge in [-0.05, 0) is 23.6 Å². The summed E-state index contributed by atoms with van der Waals surface area (Å²) in [5.74, 6) is 0.0831. The Kier molecular flexibility index (Phi) is 5.05. The SMILES string of the molecule is CC(C)c1cc(C(=O)N(CCO)Cc2cccnc2)n[nH]1. The van der Waals surface area contributed by atoms with Crippen LogP contribution < -0.4 is 0 Å². The third kappa shape index (κ3) is 3.88. The zero-order valence-electron chi connectivity index (χ0n) is 12.3. The lowest BCUT2D eigenvalue weighted by atomic mass is 10.1. The number of aromatic nitrogens is 3. The first kappa shape index (κ1) is 15.2. The molecule has 0 spiro atoms. The molecule has 2 N–H and O–H groups in total. The molecule has 0 saturated carbocycles. The van der Waals surface area contributed by atoms with Crippen molar-refractivity contribution in [2.24, 2.45) is 0 Å². The smallest absolute Gasteiger partial charge is 0.274 e. The van der Waals surface area contributed by atoms with E-state index in [0.717, 1.165) is 11.3 Å². The summed E-state index contributed by atoms with van der Waals surface area (Å²) in [5.41, 5.74) is 2.21. The Bertz CT molecular complexity index is 580. The van der Waals surface area contributed by atoms with Gasteiger partial charge in [-0.15, -0.1) is 0 Å². The van der Waals surface area contributed by atoms with Crippen LogP contribution in [0.1, 0.15) is 41.5 Å². The van der Waals surface area contributed by atoms with Gasteiger partial charge in [0.25, 0.3) is 5.91 Å². The van der Waals surface area contributed by atoms with Gasteiger partial charge in [-0.1, -0.05) is 19.9 Å². The van der Waals surface area contributed by atoms with Gasteiger partial charge >= 0.3 is 0 Å². The highest BCUT2D eigenvalue weighted by atomic mass is 16.3. The predicted molar refractivity (Wildman–Crippen MR) is 78.7 cm³/mol. The van der Waals surface area contributed by atoms with E-state index in [1.807, 2.05) is 26.0 Å². The molecule has 2 aromatic heterocycles. The Morgan fingerprint density at radius 1 is 1.48 bits per heavy atom. The third-order valence-electron chi connectivity index (χ3n) is 3.19. The molecule has 112 valence electrons. The molecule has 0 bridgehead atoms. The maximum absolute atomic E-state index is 12.5. The number of pyridine rings is 1. The molecule has 0 aromatic carbocycles. The molecule has 2 rings (SSSR count). The number of rotatable bonds is 6. The molecular formula is C15H20N4O2. The van der Waals surface area contributed by atoms with Crippen LogP contribution >= 0.6 is 0 Å². The minimum atomic E-state index is -0.198. The van der Waals surface area contributed by atoms with Crippen molar-refractivity contribution >= 4 is 5.91 Å². The van der Waals surface area contributed by atoms with Crippen molar-refractivity contribution in [3.05, 3.63) is 47.5 Å². The first-order chi connectivity index (χ1) is 10.1. The highest BCUT2D eigenvalue weighted by Crippen LogP contribution is 2.14. The van der Waals surface area contributed by atoms with Crippen molar-refractivity contribution in [3.63, 3.8) is 0 Å². The summed E-state index contributed by atoms with van der Waals surface area (Å²) in [4.78, 5) is 18.1. The van der Waals surface area contributed by atoms with E-state index >= 15 is 0 Å². The van der Waals surface area contributed by atoms with E-state index in [4.69, 9.17) is 5.11 Å². The van der Waals surface area contributed by atoms with Gasteiger partial charge in [0, 0.05) is 31.2 Å². The zero-order chi connectivity index (χ0) is 15.2.